The van der Waals surface area contributed by atoms with Gasteiger partial charge in [-0.3, -0.25) is 0 Å². The zero-order valence-corrected chi connectivity index (χ0v) is 8.01. The topological polar surface area (TPSA) is 0 Å². The molecule has 1 heteroatoms. The second-order valence-electron chi connectivity index (χ2n) is 3.20. The summed E-state index contributed by atoms with van der Waals surface area (Å²) < 4.78 is 0. The van der Waals surface area contributed by atoms with Gasteiger partial charge in [0.1, 0.15) is 0 Å². The summed E-state index contributed by atoms with van der Waals surface area (Å²) in [5, 5.41) is 0. The van der Waals surface area contributed by atoms with Gasteiger partial charge in [0.15, 0.2) is 7.28 Å². The molecule has 1 radical (unpaired) electrons. The van der Waals surface area contributed by atoms with Crippen LogP contribution in [0.15, 0.2) is 24.3 Å². The third kappa shape index (κ3) is 2.73. The zero-order chi connectivity index (χ0) is 8.81. The monoisotopic (exact) mass is 159 g/mol. The number of rotatable bonds is 4. The zero-order valence-electron chi connectivity index (χ0n) is 8.01. The van der Waals surface area contributed by atoms with Gasteiger partial charge in [0.05, 0.1) is 0 Å². The maximum atomic E-state index is 2.33. The average Bonchev–Trinajstić information content (AvgIpc) is 2.09. The third-order valence-electron chi connectivity index (χ3n) is 2.11. The molecule has 1 aromatic rings. The molecule has 0 spiro atoms. The van der Waals surface area contributed by atoms with Crippen molar-refractivity contribution in [3.8, 4) is 0 Å². The summed E-state index contributed by atoms with van der Waals surface area (Å²) in [6.07, 6.45) is 3.79. The largest absolute Gasteiger partial charge is 0.151 e. The predicted octanol–water partition coefficient (Wildman–Crippen LogP) is 2.54. The minimum Gasteiger partial charge on any atom is -0.0849 e. The molecule has 0 aliphatic heterocycles. The standard InChI is InChI=1S/C11H16B/c1-3-4-9-12-11-8-6-5-7-10(11)2/h5-8H,3-4,9H2,1-2H3. The number of unbranched alkanes of at least 4 members (excludes halogenated alkanes) is 1. The molecule has 0 saturated carbocycles. The number of aryl methyl sites for hydroxylation is 1. The fourth-order valence-corrected chi connectivity index (χ4v) is 1.28. The highest BCUT2D eigenvalue weighted by molar-refractivity contribution is 6.53. The smallest absolute Gasteiger partial charge is 0.0849 e. The SMILES string of the molecule is CCCC[B]c1ccccc1C. The quantitative estimate of drug-likeness (QED) is 0.467. The highest BCUT2D eigenvalue weighted by Gasteiger charge is 1.97. The predicted molar refractivity (Wildman–Crippen MR) is 56.3 cm³/mol. The molecule has 1 aromatic carbocycles. The van der Waals surface area contributed by atoms with Crippen molar-refractivity contribution in [2.45, 2.75) is 33.0 Å². The van der Waals surface area contributed by atoms with E-state index in [9.17, 15) is 0 Å². The fourth-order valence-electron chi connectivity index (χ4n) is 1.28. The van der Waals surface area contributed by atoms with Crippen molar-refractivity contribution in [2.75, 3.05) is 0 Å². The first-order valence-corrected chi connectivity index (χ1v) is 4.73. The van der Waals surface area contributed by atoms with Crippen LogP contribution in [0.5, 0.6) is 0 Å². The molecular weight excluding hydrogens is 143 g/mol. The van der Waals surface area contributed by atoms with Crippen molar-refractivity contribution in [3.63, 3.8) is 0 Å². The lowest BCUT2D eigenvalue weighted by atomic mass is 9.64. The van der Waals surface area contributed by atoms with E-state index in [-0.39, 0.29) is 0 Å². The molecule has 0 amide bonds. The van der Waals surface area contributed by atoms with E-state index in [1.54, 1.807) is 0 Å². The third-order valence-corrected chi connectivity index (χ3v) is 2.11. The second-order valence-corrected chi connectivity index (χ2v) is 3.20. The molecule has 12 heavy (non-hydrogen) atoms. The van der Waals surface area contributed by atoms with E-state index in [2.05, 4.69) is 45.4 Å². The van der Waals surface area contributed by atoms with Crippen LogP contribution in [0.25, 0.3) is 0 Å². The normalized spacial score (nSPS) is 9.83. The number of benzene rings is 1. The van der Waals surface area contributed by atoms with Crippen LogP contribution >= 0.6 is 0 Å². The summed E-state index contributed by atoms with van der Waals surface area (Å²) in [4.78, 5) is 0. The van der Waals surface area contributed by atoms with Crippen LogP contribution < -0.4 is 5.46 Å². The highest BCUT2D eigenvalue weighted by Crippen LogP contribution is 1.97. The van der Waals surface area contributed by atoms with E-state index < -0.39 is 0 Å². The van der Waals surface area contributed by atoms with E-state index >= 15 is 0 Å². The van der Waals surface area contributed by atoms with E-state index in [0.29, 0.717) is 0 Å². The van der Waals surface area contributed by atoms with Crippen LogP contribution in [0.2, 0.25) is 6.32 Å². The summed E-state index contributed by atoms with van der Waals surface area (Å²) in [5.74, 6) is 0. The lowest BCUT2D eigenvalue weighted by molar-refractivity contribution is 0.881. The molecule has 0 N–H and O–H groups in total. The van der Waals surface area contributed by atoms with Gasteiger partial charge in [-0.25, -0.2) is 0 Å². The molecule has 1 rings (SSSR count). The fraction of sp³-hybridized carbons (Fsp3) is 0.455. The Morgan fingerprint density at radius 2 is 2.00 bits per heavy atom. The molecule has 0 bridgehead atoms. The van der Waals surface area contributed by atoms with E-state index in [0.717, 1.165) is 0 Å². The summed E-state index contributed by atoms with van der Waals surface area (Å²) in [6.45, 7) is 4.39. The van der Waals surface area contributed by atoms with E-state index in [4.69, 9.17) is 0 Å². The van der Waals surface area contributed by atoms with E-state index in [1.165, 1.54) is 30.2 Å². The Balaban J connectivity index is 2.46. The number of hydrogen-bond donors (Lipinski definition) is 0. The van der Waals surface area contributed by atoms with Crippen LogP contribution in [-0.4, -0.2) is 7.28 Å². The molecule has 0 fully saturated rings. The van der Waals surface area contributed by atoms with Gasteiger partial charge in [-0.15, -0.1) is 0 Å². The Bertz CT molecular complexity index is 230. The van der Waals surface area contributed by atoms with Gasteiger partial charge in [-0.05, 0) is 6.92 Å². The highest BCUT2D eigenvalue weighted by atomic mass is 13.9. The minimum atomic E-state index is 1.21. The van der Waals surface area contributed by atoms with Crippen molar-refractivity contribution in [2.24, 2.45) is 0 Å². The molecule has 0 aliphatic rings. The Morgan fingerprint density at radius 1 is 1.25 bits per heavy atom. The molecule has 0 unspecified atom stereocenters. The van der Waals surface area contributed by atoms with Crippen LogP contribution in [0.3, 0.4) is 0 Å². The van der Waals surface area contributed by atoms with Crippen molar-refractivity contribution < 1.29 is 0 Å². The molecule has 0 heterocycles. The summed E-state index contributed by atoms with van der Waals surface area (Å²) in [6, 6.07) is 8.54. The first kappa shape index (κ1) is 9.37. The van der Waals surface area contributed by atoms with Crippen LogP contribution in [0.1, 0.15) is 25.3 Å². The molecular formula is C11H16B. The van der Waals surface area contributed by atoms with Gasteiger partial charge in [0, 0.05) is 0 Å². The summed E-state index contributed by atoms with van der Waals surface area (Å²) in [5.41, 5.74) is 2.78. The Labute approximate surface area is 76.2 Å². The lowest BCUT2D eigenvalue weighted by Crippen LogP contribution is -2.16. The molecule has 0 nitrogen and oxygen atoms in total. The summed E-state index contributed by atoms with van der Waals surface area (Å²) >= 11 is 0. The molecule has 0 atom stereocenters. The first-order valence-electron chi connectivity index (χ1n) is 4.73. The van der Waals surface area contributed by atoms with Crippen LogP contribution in [0.4, 0.5) is 0 Å². The van der Waals surface area contributed by atoms with Gasteiger partial charge in [-0.2, -0.15) is 0 Å². The summed E-state index contributed by atoms with van der Waals surface area (Å²) in [7, 11) is 2.33. The molecule has 0 aromatic heterocycles. The van der Waals surface area contributed by atoms with Crippen molar-refractivity contribution in [1.29, 1.82) is 0 Å². The van der Waals surface area contributed by atoms with Crippen LogP contribution in [0, 0.1) is 6.92 Å². The molecule has 63 valence electrons. The van der Waals surface area contributed by atoms with Gasteiger partial charge in [0.2, 0.25) is 0 Å². The lowest BCUT2D eigenvalue weighted by Gasteiger charge is -2.02. The van der Waals surface area contributed by atoms with Gasteiger partial charge >= 0.3 is 0 Å². The maximum Gasteiger partial charge on any atom is 0.151 e. The van der Waals surface area contributed by atoms with Gasteiger partial charge in [0.25, 0.3) is 0 Å². The first-order chi connectivity index (χ1) is 5.84. The van der Waals surface area contributed by atoms with Crippen molar-refractivity contribution in [3.05, 3.63) is 29.8 Å². The second kappa shape index (κ2) is 5.02. The maximum absolute atomic E-state index is 2.33. The number of hydrogen-bond acceptors (Lipinski definition) is 0. The van der Waals surface area contributed by atoms with E-state index in [1.807, 2.05) is 0 Å². The van der Waals surface area contributed by atoms with Gasteiger partial charge < -0.3 is 0 Å². The van der Waals surface area contributed by atoms with Gasteiger partial charge in [-0.1, -0.05) is 61.4 Å². The van der Waals surface area contributed by atoms with Crippen molar-refractivity contribution >= 4 is 12.7 Å². The Morgan fingerprint density at radius 3 is 2.67 bits per heavy atom. The van der Waals surface area contributed by atoms with Crippen LogP contribution in [-0.2, 0) is 0 Å². The Hall–Kier alpha value is -0.715. The Kier molecular flexibility index (Phi) is 3.92. The minimum absolute atomic E-state index is 1.21. The average molecular weight is 159 g/mol. The van der Waals surface area contributed by atoms with Crippen molar-refractivity contribution in [1.82, 2.24) is 0 Å². The molecule has 0 saturated heterocycles. The molecule has 0 aliphatic carbocycles.